The second-order valence-electron chi connectivity index (χ2n) is 11.8. The van der Waals surface area contributed by atoms with Gasteiger partial charge in [-0.25, -0.2) is 4.79 Å². The number of benzene rings is 3. The van der Waals surface area contributed by atoms with Crippen LogP contribution in [0.4, 0.5) is 21.9 Å². The Morgan fingerprint density at radius 3 is 2.27 bits per heavy atom. The number of ether oxygens (including phenoxy) is 1. The summed E-state index contributed by atoms with van der Waals surface area (Å²) in [6.07, 6.45) is 5.30. The SMILES string of the molecule is O=C(/C=C/C(=O)Nc1ccc(NC(=O)Nc2ccc3cc[nH]c3c2)cc1)NCCCCOc1ccc2c(c1)C(=O)N(C1CCC(=O)NC1=O)C2=O. The fourth-order valence-corrected chi connectivity index (χ4v) is 5.62. The number of H-pyrrole nitrogens is 1. The molecule has 1 fully saturated rings. The standard InChI is InChI=1S/C36H33N7O8/c44-30(13-14-31(45)39-22-5-7-23(8-6-22)40-36(50)41-24-4-3-21-15-17-37-28(21)19-24)38-16-1-2-18-51-25-9-10-26-27(20-25)35(49)43(34(26)48)29-11-12-32(46)42-33(29)47/h3-10,13-15,17,19-20,29,37H,1-2,11-12,16,18H2,(H,38,44)(H,39,45)(H2,40,41,50)(H,42,46,47)/b14-13+. The van der Waals surface area contributed by atoms with E-state index < -0.39 is 47.5 Å². The van der Waals surface area contributed by atoms with Crippen LogP contribution in [0.15, 0.2) is 85.1 Å². The minimum Gasteiger partial charge on any atom is -0.494 e. The first-order valence-electron chi connectivity index (χ1n) is 16.1. The Balaban J connectivity index is 0.865. The zero-order valence-electron chi connectivity index (χ0n) is 27.1. The number of carbonyl (C=O) groups is 7. The Morgan fingerprint density at radius 2 is 1.49 bits per heavy atom. The number of anilines is 3. The molecular formula is C36H33N7O8. The topological polar surface area (TPSA) is 208 Å². The molecule has 0 radical (unpaired) electrons. The van der Waals surface area contributed by atoms with Crippen molar-refractivity contribution in [2.24, 2.45) is 0 Å². The largest absolute Gasteiger partial charge is 0.494 e. The van der Waals surface area contributed by atoms with E-state index in [0.29, 0.717) is 42.2 Å². The molecule has 0 saturated carbocycles. The maximum Gasteiger partial charge on any atom is 0.323 e. The van der Waals surface area contributed by atoms with E-state index in [1.54, 1.807) is 36.4 Å². The van der Waals surface area contributed by atoms with Crippen molar-refractivity contribution in [1.82, 2.24) is 20.5 Å². The predicted octanol–water partition coefficient (Wildman–Crippen LogP) is 3.68. The molecule has 2 aliphatic rings. The van der Waals surface area contributed by atoms with Gasteiger partial charge >= 0.3 is 6.03 Å². The van der Waals surface area contributed by atoms with Gasteiger partial charge in [-0.1, -0.05) is 6.07 Å². The number of unbranched alkanes of at least 4 members (excludes halogenated alkanes) is 1. The van der Waals surface area contributed by atoms with E-state index in [2.05, 4.69) is 31.6 Å². The van der Waals surface area contributed by atoms with Gasteiger partial charge in [-0.3, -0.25) is 39.0 Å². The Morgan fingerprint density at radius 1 is 0.784 bits per heavy atom. The number of aromatic amines is 1. The lowest BCUT2D eigenvalue weighted by atomic mass is 10.0. The van der Waals surface area contributed by atoms with Crippen molar-refractivity contribution in [3.05, 3.63) is 96.2 Å². The zero-order valence-corrected chi connectivity index (χ0v) is 27.1. The summed E-state index contributed by atoms with van der Waals surface area (Å²) in [4.78, 5) is 90.3. The second kappa shape index (κ2) is 15.2. The number of rotatable bonds is 12. The summed E-state index contributed by atoms with van der Waals surface area (Å²) in [5, 5.41) is 14.0. The van der Waals surface area contributed by atoms with E-state index >= 15 is 0 Å². The Kier molecular flexibility index (Phi) is 10.2. The van der Waals surface area contributed by atoms with Crippen molar-refractivity contribution in [3.8, 4) is 5.75 Å². The molecule has 0 bridgehead atoms. The quantitative estimate of drug-likeness (QED) is 0.0732. The molecule has 1 atom stereocenters. The minimum absolute atomic E-state index is 0.0385. The minimum atomic E-state index is -1.04. The number of imide groups is 2. The first-order chi connectivity index (χ1) is 24.6. The molecule has 51 heavy (non-hydrogen) atoms. The molecule has 1 saturated heterocycles. The van der Waals surface area contributed by atoms with Gasteiger partial charge in [0.15, 0.2) is 0 Å². The number of nitrogens with zero attached hydrogens (tertiary/aromatic N) is 1. The highest BCUT2D eigenvalue weighted by Crippen LogP contribution is 2.30. The third kappa shape index (κ3) is 8.28. The van der Waals surface area contributed by atoms with Crippen LogP contribution >= 0.6 is 0 Å². The fraction of sp³-hybridized carbons (Fsp3) is 0.194. The molecular weight excluding hydrogens is 658 g/mol. The van der Waals surface area contributed by atoms with Crippen LogP contribution in [0, 0.1) is 0 Å². The number of amides is 8. The number of hydrogen-bond acceptors (Lipinski definition) is 8. The summed E-state index contributed by atoms with van der Waals surface area (Å²) in [5.41, 5.74) is 2.81. The van der Waals surface area contributed by atoms with Gasteiger partial charge in [-0.2, -0.15) is 0 Å². The summed E-state index contributed by atoms with van der Waals surface area (Å²) in [7, 11) is 0. The monoisotopic (exact) mass is 691 g/mol. The van der Waals surface area contributed by atoms with Crippen LogP contribution in [-0.2, 0) is 19.2 Å². The number of aromatic nitrogens is 1. The number of piperidine rings is 1. The van der Waals surface area contributed by atoms with E-state index in [9.17, 15) is 33.6 Å². The van der Waals surface area contributed by atoms with Crippen LogP contribution in [-0.4, -0.2) is 70.6 Å². The van der Waals surface area contributed by atoms with Crippen LogP contribution in [0.1, 0.15) is 46.4 Å². The van der Waals surface area contributed by atoms with Crippen molar-refractivity contribution in [1.29, 1.82) is 0 Å². The molecule has 15 nitrogen and oxygen atoms in total. The molecule has 0 spiro atoms. The van der Waals surface area contributed by atoms with E-state index in [0.717, 1.165) is 28.0 Å². The van der Waals surface area contributed by atoms with E-state index in [-0.39, 0.29) is 30.6 Å². The van der Waals surface area contributed by atoms with Crippen molar-refractivity contribution in [2.45, 2.75) is 31.7 Å². The maximum atomic E-state index is 13.0. The summed E-state index contributed by atoms with van der Waals surface area (Å²) in [5.74, 6) is -2.91. The predicted molar refractivity (Wildman–Crippen MR) is 186 cm³/mol. The van der Waals surface area contributed by atoms with Crippen molar-refractivity contribution < 1.29 is 38.3 Å². The first-order valence-corrected chi connectivity index (χ1v) is 16.1. The molecule has 4 aromatic rings. The molecule has 3 heterocycles. The molecule has 3 aromatic carbocycles. The lowest BCUT2D eigenvalue weighted by Gasteiger charge is -2.27. The van der Waals surface area contributed by atoms with Gasteiger partial charge < -0.3 is 31.0 Å². The van der Waals surface area contributed by atoms with Gasteiger partial charge in [0.05, 0.1) is 17.7 Å². The van der Waals surface area contributed by atoms with Crippen LogP contribution in [0.2, 0.25) is 0 Å². The molecule has 1 aromatic heterocycles. The Labute approximate surface area is 290 Å². The number of hydrogen-bond donors (Lipinski definition) is 6. The molecule has 6 rings (SSSR count). The lowest BCUT2D eigenvalue weighted by Crippen LogP contribution is -2.54. The zero-order chi connectivity index (χ0) is 35.9. The smallest absolute Gasteiger partial charge is 0.323 e. The molecule has 0 aliphatic carbocycles. The van der Waals surface area contributed by atoms with Gasteiger partial charge in [-0.15, -0.1) is 0 Å². The number of carbonyl (C=O) groups excluding carboxylic acids is 7. The normalized spacial score (nSPS) is 15.5. The van der Waals surface area contributed by atoms with Crippen LogP contribution in [0.5, 0.6) is 5.75 Å². The highest BCUT2D eigenvalue weighted by molar-refractivity contribution is 6.23. The average Bonchev–Trinajstić information content (AvgIpc) is 3.67. The Bertz CT molecular complexity index is 2070. The van der Waals surface area contributed by atoms with Crippen LogP contribution in [0.25, 0.3) is 10.9 Å². The van der Waals surface area contributed by atoms with Gasteiger partial charge in [0.2, 0.25) is 23.6 Å². The van der Waals surface area contributed by atoms with E-state index in [1.807, 2.05) is 24.4 Å². The lowest BCUT2D eigenvalue weighted by molar-refractivity contribution is -0.136. The van der Waals surface area contributed by atoms with Crippen molar-refractivity contribution in [2.75, 3.05) is 29.1 Å². The molecule has 6 N–H and O–H groups in total. The number of urea groups is 1. The highest BCUT2D eigenvalue weighted by Gasteiger charge is 2.44. The van der Waals surface area contributed by atoms with Gasteiger partial charge in [-0.05, 0) is 85.3 Å². The van der Waals surface area contributed by atoms with Crippen molar-refractivity contribution in [3.63, 3.8) is 0 Å². The van der Waals surface area contributed by atoms with Gasteiger partial charge in [0.1, 0.15) is 11.8 Å². The van der Waals surface area contributed by atoms with Gasteiger partial charge in [0.25, 0.3) is 11.8 Å². The van der Waals surface area contributed by atoms with Crippen LogP contribution in [0.3, 0.4) is 0 Å². The summed E-state index contributed by atoms with van der Waals surface area (Å²) in [6.45, 7) is 0.601. The maximum absolute atomic E-state index is 13.0. The van der Waals surface area contributed by atoms with Crippen LogP contribution < -0.4 is 31.3 Å². The molecule has 1 unspecified atom stereocenters. The fourth-order valence-electron chi connectivity index (χ4n) is 5.62. The average molecular weight is 692 g/mol. The van der Waals surface area contributed by atoms with Crippen molar-refractivity contribution >= 4 is 69.4 Å². The third-order valence-electron chi connectivity index (χ3n) is 8.16. The third-order valence-corrected chi connectivity index (χ3v) is 8.16. The molecule has 8 amide bonds. The second-order valence-corrected chi connectivity index (χ2v) is 11.8. The summed E-state index contributed by atoms with van der Waals surface area (Å²) < 4.78 is 5.72. The van der Waals surface area contributed by atoms with E-state index in [4.69, 9.17) is 4.74 Å². The number of nitrogens with one attached hydrogen (secondary N) is 6. The highest BCUT2D eigenvalue weighted by atomic mass is 16.5. The molecule has 2 aliphatic heterocycles. The first kappa shape index (κ1) is 34.1. The molecule has 260 valence electrons. The Hall–Kier alpha value is -6.77. The summed E-state index contributed by atoms with van der Waals surface area (Å²) >= 11 is 0. The van der Waals surface area contributed by atoms with Gasteiger partial charge in [0, 0.05) is 53.9 Å². The summed E-state index contributed by atoms with van der Waals surface area (Å²) in [6, 6.07) is 17.0. The molecule has 15 heteroatoms. The number of fused-ring (bicyclic) bond motifs is 2. The van der Waals surface area contributed by atoms with E-state index in [1.165, 1.54) is 12.1 Å².